The van der Waals surface area contributed by atoms with E-state index in [2.05, 4.69) is 4.99 Å². The van der Waals surface area contributed by atoms with Crippen LogP contribution < -0.4 is 5.11 Å². The highest BCUT2D eigenvalue weighted by Crippen LogP contribution is 2.72. The van der Waals surface area contributed by atoms with E-state index in [1.807, 2.05) is 6.08 Å². The molecule has 4 aliphatic rings. The first kappa shape index (κ1) is 10.2. The molecule has 0 aromatic carbocycles. The van der Waals surface area contributed by atoms with Crippen molar-refractivity contribution in [2.24, 2.45) is 10.4 Å². The lowest BCUT2D eigenvalue weighted by Gasteiger charge is -2.28. The van der Waals surface area contributed by atoms with Gasteiger partial charge in [-0.15, -0.1) is 0 Å². The van der Waals surface area contributed by atoms with Crippen LogP contribution in [-0.2, 0) is 4.79 Å². The summed E-state index contributed by atoms with van der Waals surface area (Å²) in [5, 5.41) is 10.9. The fraction of sp³-hybridized carbons (Fsp3) is 0.538. The second kappa shape index (κ2) is 2.79. The molecule has 0 N–H and O–H groups in total. The van der Waals surface area contributed by atoms with Gasteiger partial charge in [-0.05, 0) is 18.1 Å². The Bertz CT molecular complexity index is 601. The molecule has 0 amide bonds. The molecule has 0 bridgehead atoms. The number of hydrogen-bond acceptors (Lipinski definition) is 4. The third-order valence-corrected chi connectivity index (χ3v) is 4.96. The molecule has 1 saturated carbocycles. The molecular formula is C13H12N2O3. The first-order valence-electron chi connectivity index (χ1n) is 6.27. The van der Waals surface area contributed by atoms with Gasteiger partial charge in [0.25, 0.3) is 0 Å². The van der Waals surface area contributed by atoms with Crippen molar-refractivity contribution in [1.82, 2.24) is 0 Å². The molecule has 5 heteroatoms. The number of piperidine rings is 1. The van der Waals surface area contributed by atoms with Crippen molar-refractivity contribution in [3.63, 3.8) is 0 Å². The summed E-state index contributed by atoms with van der Waals surface area (Å²) in [6.45, 7) is 0.590. The predicted molar refractivity (Wildman–Crippen MR) is 60.7 cm³/mol. The molecule has 0 aromatic rings. The van der Waals surface area contributed by atoms with Crippen molar-refractivity contribution in [2.75, 3.05) is 6.54 Å². The number of nitrogens with zero attached hydrogens (tertiary/aromatic N) is 2. The number of carboxylic acids is 1. The number of nitroso groups, excluding NO2 is 1. The zero-order chi connectivity index (χ0) is 12.5. The van der Waals surface area contributed by atoms with Crippen molar-refractivity contribution in [2.45, 2.75) is 31.2 Å². The lowest BCUT2D eigenvalue weighted by Crippen LogP contribution is -2.40. The molecule has 2 aliphatic carbocycles. The molecule has 0 spiro atoms. The fourth-order valence-electron chi connectivity index (χ4n) is 4.03. The Morgan fingerprint density at radius 3 is 3.11 bits per heavy atom. The molecule has 5 nitrogen and oxygen atoms in total. The zero-order valence-electron chi connectivity index (χ0n) is 9.81. The highest BCUT2D eigenvalue weighted by atomic mass is 16.4. The standard InChI is InChI=1S/C13H12N2O3/c16-11(17)10-6-8-9(14-10)2-4-13-7-12(8,13)3-1-5-15(13)18/h2,6H,1,3-5,7H2. The van der Waals surface area contributed by atoms with Crippen LogP contribution in [0.15, 0.2) is 28.4 Å². The van der Waals surface area contributed by atoms with Gasteiger partial charge in [0.1, 0.15) is 0 Å². The summed E-state index contributed by atoms with van der Waals surface area (Å²) in [5.74, 6) is -1.24. The SMILES string of the molecule is O=C([O-])C1=NC2=CCC34CC3(CCC[N+]4=O)C2=C1. The van der Waals surface area contributed by atoms with Crippen LogP contribution in [0.3, 0.4) is 0 Å². The van der Waals surface area contributed by atoms with Gasteiger partial charge in [-0.3, -0.25) is 0 Å². The topological polar surface area (TPSA) is 72.6 Å². The molecule has 2 fully saturated rings. The van der Waals surface area contributed by atoms with Crippen molar-refractivity contribution in [1.29, 1.82) is 0 Å². The Hall–Kier alpha value is -1.78. The smallest absolute Gasteiger partial charge is 0.224 e. The van der Waals surface area contributed by atoms with Crippen molar-refractivity contribution in [3.05, 3.63) is 28.3 Å². The maximum atomic E-state index is 12.1. The van der Waals surface area contributed by atoms with Gasteiger partial charge in [0.2, 0.25) is 5.54 Å². The predicted octanol–water partition coefficient (Wildman–Crippen LogP) is 0.107. The van der Waals surface area contributed by atoms with E-state index in [1.165, 1.54) is 4.76 Å². The Balaban J connectivity index is 1.84. The Labute approximate surface area is 103 Å². The van der Waals surface area contributed by atoms with Crippen LogP contribution in [0.1, 0.15) is 25.7 Å². The second-order valence-electron chi connectivity index (χ2n) is 5.63. The number of aliphatic imine (C=N–C) groups is 1. The van der Waals surface area contributed by atoms with Crippen molar-refractivity contribution >= 4 is 11.7 Å². The summed E-state index contributed by atoms with van der Waals surface area (Å²) < 4.78 is 1.21. The van der Waals surface area contributed by atoms with E-state index in [0.29, 0.717) is 13.0 Å². The number of fused-ring (bicyclic) bond motifs is 1. The zero-order valence-corrected chi connectivity index (χ0v) is 9.81. The molecule has 2 unspecified atom stereocenters. The van der Waals surface area contributed by atoms with Gasteiger partial charge in [-0.1, -0.05) is 6.08 Å². The highest BCUT2D eigenvalue weighted by Gasteiger charge is 2.81. The lowest BCUT2D eigenvalue weighted by atomic mass is 9.77. The normalized spacial score (nSPS) is 40.0. The molecule has 92 valence electrons. The van der Waals surface area contributed by atoms with Gasteiger partial charge in [-0.25, -0.2) is 4.99 Å². The number of carbonyl (C=O) groups is 1. The third kappa shape index (κ3) is 0.911. The third-order valence-electron chi connectivity index (χ3n) is 4.96. The van der Waals surface area contributed by atoms with E-state index in [9.17, 15) is 14.8 Å². The fourth-order valence-corrected chi connectivity index (χ4v) is 4.03. The van der Waals surface area contributed by atoms with Crippen LogP contribution >= 0.6 is 0 Å². The summed E-state index contributed by atoms with van der Waals surface area (Å²) in [4.78, 5) is 27.1. The van der Waals surface area contributed by atoms with E-state index in [0.717, 1.165) is 30.5 Å². The molecule has 2 aliphatic heterocycles. The van der Waals surface area contributed by atoms with E-state index in [4.69, 9.17) is 0 Å². The molecule has 0 aromatic heterocycles. The Kier molecular flexibility index (Phi) is 1.58. The van der Waals surface area contributed by atoms with Gasteiger partial charge >= 0.3 is 0 Å². The molecule has 2 atom stereocenters. The number of carbonyl (C=O) groups excluding carboxylic acids is 1. The number of hydrogen-bond donors (Lipinski definition) is 0. The van der Waals surface area contributed by atoms with Crippen LogP contribution in [0.2, 0.25) is 0 Å². The first-order chi connectivity index (χ1) is 8.59. The monoisotopic (exact) mass is 244 g/mol. The number of rotatable bonds is 1. The largest absolute Gasteiger partial charge is 0.543 e. The minimum absolute atomic E-state index is 0.00338. The average Bonchev–Trinajstić information content (AvgIpc) is 2.85. The summed E-state index contributed by atoms with van der Waals surface area (Å²) in [6, 6.07) is 0. The average molecular weight is 244 g/mol. The molecule has 2 heterocycles. The van der Waals surface area contributed by atoms with Gasteiger partial charge in [-0.2, -0.15) is 0 Å². The van der Waals surface area contributed by atoms with Crippen LogP contribution in [0, 0.1) is 10.3 Å². The minimum atomic E-state index is -1.24. The lowest BCUT2D eigenvalue weighted by molar-refractivity contribution is -0.615. The van der Waals surface area contributed by atoms with Crippen LogP contribution in [-0.4, -0.2) is 28.5 Å². The summed E-state index contributed by atoms with van der Waals surface area (Å²) >= 11 is 0. The van der Waals surface area contributed by atoms with E-state index in [-0.39, 0.29) is 16.7 Å². The van der Waals surface area contributed by atoms with Crippen molar-refractivity contribution < 1.29 is 14.7 Å². The van der Waals surface area contributed by atoms with E-state index >= 15 is 0 Å². The second-order valence-corrected chi connectivity index (χ2v) is 5.63. The minimum Gasteiger partial charge on any atom is -0.543 e. The van der Waals surface area contributed by atoms with Gasteiger partial charge in [0.05, 0.1) is 22.8 Å². The quantitative estimate of drug-likeness (QED) is 0.614. The highest BCUT2D eigenvalue weighted by molar-refractivity contribution is 6.41. The van der Waals surface area contributed by atoms with Crippen LogP contribution in [0.4, 0.5) is 0 Å². The number of aliphatic carboxylic acids is 1. The van der Waals surface area contributed by atoms with Crippen LogP contribution in [0.25, 0.3) is 0 Å². The van der Waals surface area contributed by atoms with E-state index in [1.54, 1.807) is 6.08 Å². The van der Waals surface area contributed by atoms with Gasteiger partial charge in [0.15, 0.2) is 6.54 Å². The van der Waals surface area contributed by atoms with Crippen molar-refractivity contribution in [3.8, 4) is 0 Å². The number of allylic oxidation sites excluding steroid dienone is 1. The van der Waals surface area contributed by atoms with Gasteiger partial charge < -0.3 is 9.90 Å². The molecule has 4 rings (SSSR count). The summed E-state index contributed by atoms with van der Waals surface area (Å²) in [6.07, 6.45) is 6.88. The Morgan fingerprint density at radius 1 is 1.50 bits per heavy atom. The summed E-state index contributed by atoms with van der Waals surface area (Å²) in [5.41, 5.74) is 1.25. The molecule has 1 saturated heterocycles. The maximum absolute atomic E-state index is 12.1. The molecular weight excluding hydrogens is 232 g/mol. The molecule has 0 radical (unpaired) electrons. The maximum Gasteiger partial charge on any atom is 0.224 e. The number of carboxylic acid groups (broad SMARTS) is 1. The first-order valence-corrected chi connectivity index (χ1v) is 6.27. The molecule has 18 heavy (non-hydrogen) atoms. The van der Waals surface area contributed by atoms with E-state index < -0.39 is 5.97 Å². The Morgan fingerprint density at radius 2 is 2.33 bits per heavy atom. The summed E-state index contributed by atoms with van der Waals surface area (Å²) in [7, 11) is 0. The van der Waals surface area contributed by atoms with Gasteiger partial charge in [0, 0.05) is 28.9 Å². The van der Waals surface area contributed by atoms with Crippen LogP contribution in [0.5, 0.6) is 0 Å².